The van der Waals surface area contributed by atoms with Crippen molar-refractivity contribution in [3.05, 3.63) is 47.7 Å². The molecule has 27 heavy (non-hydrogen) atoms. The van der Waals surface area contributed by atoms with Gasteiger partial charge in [-0.1, -0.05) is 17.7 Å². The van der Waals surface area contributed by atoms with Crippen LogP contribution in [0, 0.1) is 6.92 Å². The van der Waals surface area contributed by atoms with E-state index in [2.05, 4.69) is 18.1 Å². The van der Waals surface area contributed by atoms with E-state index < -0.39 is 10.0 Å². The van der Waals surface area contributed by atoms with Crippen LogP contribution in [0.3, 0.4) is 0 Å². The van der Waals surface area contributed by atoms with Gasteiger partial charge in [-0.2, -0.15) is 4.31 Å². The van der Waals surface area contributed by atoms with Gasteiger partial charge in [-0.15, -0.1) is 11.8 Å². The maximum atomic E-state index is 12.8. The van der Waals surface area contributed by atoms with Crippen molar-refractivity contribution in [2.75, 3.05) is 40.3 Å². The van der Waals surface area contributed by atoms with Crippen LogP contribution in [0.25, 0.3) is 0 Å². The number of hydrogen-bond acceptors (Lipinski definition) is 5. The number of quaternary nitrogens is 1. The molecule has 0 unspecified atom stereocenters. The van der Waals surface area contributed by atoms with Crippen LogP contribution in [-0.2, 0) is 15.8 Å². The van der Waals surface area contributed by atoms with E-state index >= 15 is 0 Å². The van der Waals surface area contributed by atoms with Crippen LogP contribution in [-0.4, -0.2) is 58.0 Å². The molecule has 2 heterocycles. The third-order valence-electron chi connectivity index (χ3n) is 4.73. The number of benzene rings is 1. The third kappa shape index (κ3) is 4.82. The number of hydrogen-bond donors (Lipinski definition) is 1. The SMILES string of the molecule is COc1ccc(C)cc1CSc1ccc(S(=O)(=O)N2CC[NH+](C)CC2)cn1. The second-order valence-electron chi connectivity index (χ2n) is 6.80. The van der Waals surface area contributed by atoms with E-state index in [0.29, 0.717) is 18.8 Å². The van der Waals surface area contributed by atoms with Gasteiger partial charge in [0.05, 0.1) is 45.4 Å². The van der Waals surface area contributed by atoms with Crippen molar-refractivity contribution in [3.8, 4) is 5.75 Å². The highest BCUT2D eigenvalue weighted by atomic mass is 32.2. The Labute approximate surface area is 165 Å². The minimum absolute atomic E-state index is 0.263. The summed E-state index contributed by atoms with van der Waals surface area (Å²) in [7, 11) is 0.290. The van der Waals surface area contributed by atoms with Crippen LogP contribution < -0.4 is 9.64 Å². The number of nitrogens with one attached hydrogen (secondary N) is 1. The number of nitrogens with zero attached hydrogens (tertiary/aromatic N) is 2. The Morgan fingerprint density at radius 2 is 1.96 bits per heavy atom. The molecule has 1 aromatic heterocycles. The molecule has 146 valence electrons. The van der Waals surface area contributed by atoms with Gasteiger partial charge in [-0.25, -0.2) is 13.4 Å². The average Bonchev–Trinajstić information content (AvgIpc) is 2.67. The molecule has 1 aliphatic rings. The Kier molecular flexibility index (Phi) is 6.41. The van der Waals surface area contributed by atoms with Crippen molar-refractivity contribution in [1.82, 2.24) is 9.29 Å². The number of methoxy groups -OCH3 is 1. The normalized spacial score (nSPS) is 16.4. The van der Waals surface area contributed by atoms with Crippen LogP contribution in [0.5, 0.6) is 5.75 Å². The summed E-state index contributed by atoms with van der Waals surface area (Å²) in [5.41, 5.74) is 2.27. The van der Waals surface area contributed by atoms with E-state index in [9.17, 15) is 8.42 Å². The van der Waals surface area contributed by atoms with Gasteiger partial charge >= 0.3 is 0 Å². The number of ether oxygens (including phenoxy) is 1. The summed E-state index contributed by atoms with van der Waals surface area (Å²) in [6.07, 6.45) is 1.47. The lowest BCUT2D eigenvalue weighted by molar-refractivity contribution is -0.883. The van der Waals surface area contributed by atoms with Crippen LogP contribution in [0.1, 0.15) is 11.1 Å². The molecular formula is C19H26N3O3S2+. The number of likely N-dealkylation sites (N-methyl/N-ethyl adjacent to an activating group) is 1. The smallest absolute Gasteiger partial charge is 0.245 e. The molecule has 0 spiro atoms. The monoisotopic (exact) mass is 408 g/mol. The Bertz CT molecular complexity index is 878. The number of thioether (sulfide) groups is 1. The molecule has 1 N–H and O–H groups in total. The molecule has 1 aliphatic heterocycles. The predicted octanol–water partition coefficient (Wildman–Crippen LogP) is 1.21. The first-order valence-electron chi connectivity index (χ1n) is 8.94. The Balaban J connectivity index is 1.68. The van der Waals surface area contributed by atoms with Crippen LogP contribution in [0.2, 0.25) is 0 Å². The zero-order valence-corrected chi connectivity index (χ0v) is 17.6. The molecule has 0 radical (unpaired) electrons. The maximum Gasteiger partial charge on any atom is 0.245 e. The van der Waals surface area contributed by atoms with Gasteiger partial charge < -0.3 is 9.64 Å². The molecular weight excluding hydrogens is 382 g/mol. The number of aryl methyl sites for hydroxylation is 1. The van der Waals surface area contributed by atoms with E-state index in [1.165, 1.54) is 16.7 Å². The van der Waals surface area contributed by atoms with Gasteiger partial charge in [0, 0.05) is 17.5 Å². The summed E-state index contributed by atoms with van der Waals surface area (Å²) in [5.74, 6) is 1.56. The fourth-order valence-electron chi connectivity index (χ4n) is 3.03. The Morgan fingerprint density at radius 1 is 1.22 bits per heavy atom. The molecule has 0 saturated carbocycles. The average molecular weight is 409 g/mol. The Morgan fingerprint density at radius 3 is 2.59 bits per heavy atom. The lowest BCUT2D eigenvalue weighted by Crippen LogP contribution is -3.12. The number of rotatable bonds is 6. The zero-order valence-electron chi connectivity index (χ0n) is 15.9. The van der Waals surface area contributed by atoms with Gasteiger partial charge in [0.2, 0.25) is 10.0 Å². The first-order valence-corrected chi connectivity index (χ1v) is 11.4. The van der Waals surface area contributed by atoms with E-state index in [4.69, 9.17) is 4.74 Å². The number of piperazine rings is 1. The molecule has 0 atom stereocenters. The molecule has 0 aliphatic carbocycles. The predicted molar refractivity (Wildman–Crippen MR) is 107 cm³/mol. The second-order valence-corrected chi connectivity index (χ2v) is 9.73. The summed E-state index contributed by atoms with van der Waals surface area (Å²) in [6, 6.07) is 9.52. The summed E-state index contributed by atoms with van der Waals surface area (Å²) in [6.45, 7) is 4.82. The highest BCUT2D eigenvalue weighted by Crippen LogP contribution is 2.28. The fraction of sp³-hybridized carbons (Fsp3) is 0.421. The van der Waals surface area contributed by atoms with Gasteiger partial charge in [-0.05, 0) is 25.1 Å². The largest absolute Gasteiger partial charge is 0.496 e. The van der Waals surface area contributed by atoms with E-state index in [-0.39, 0.29) is 4.90 Å². The van der Waals surface area contributed by atoms with Crippen molar-refractivity contribution < 1.29 is 18.1 Å². The number of pyridine rings is 1. The first-order chi connectivity index (χ1) is 12.9. The quantitative estimate of drug-likeness (QED) is 0.728. The van der Waals surface area contributed by atoms with Crippen LogP contribution in [0.4, 0.5) is 0 Å². The molecule has 1 saturated heterocycles. The van der Waals surface area contributed by atoms with Crippen LogP contribution in [0.15, 0.2) is 46.5 Å². The lowest BCUT2D eigenvalue weighted by Gasteiger charge is -2.29. The molecule has 1 aromatic carbocycles. The standard InChI is InChI=1S/C19H25N3O3S2/c1-15-4-6-18(25-3)16(12-15)14-26-19-7-5-17(13-20-19)27(23,24)22-10-8-21(2)9-11-22/h4-7,12-13H,8-11,14H2,1-3H3/p+1. The highest BCUT2D eigenvalue weighted by molar-refractivity contribution is 7.98. The van der Waals surface area contributed by atoms with E-state index in [0.717, 1.165) is 29.4 Å². The number of sulfonamides is 1. The third-order valence-corrected chi connectivity index (χ3v) is 7.61. The summed E-state index contributed by atoms with van der Waals surface area (Å²) in [5, 5.41) is 0.792. The topological polar surface area (TPSA) is 63.9 Å². The highest BCUT2D eigenvalue weighted by Gasteiger charge is 2.29. The molecule has 0 bridgehead atoms. The lowest BCUT2D eigenvalue weighted by atomic mass is 10.1. The van der Waals surface area contributed by atoms with Gasteiger partial charge in [0.15, 0.2) is 0 Å². The maximum absolute atomic E-state index is 12.8. The zero-order chi connectivity index (χ0) is 19.4. The van der Waals surface area contributed by atoms with Crippen molar-refractivity contribution in [2.45, 2.75) is 22.6 Å². The Hall–Kier alpha value is -1.61. The minimum Gasteiger partial charge on any atom is -0.496 e. The second kappa shape index (κ2) is 8.60. The molecule has 2 aromatic rings. The van der Waals surface area contributed by atoms with Crippen molar-refractivity contribution in [3.63, 3.8) is 0 Å². The molecule has 3 rings (SSSR count). The summed E-state index contributed by atoms with van der Waals surface area (Å²) in [4.78, 5) is 5.98. The summed E-state index contributed by atoms with van der Waals surface area (Å²) < 4.78 is 32.5. The minimum atomic E-state index is -3.46. The molecule has 1 fully saturated rings. The fourth-order valence-corrected chi connectivity index (χ4v) is 5.24. The van der Waals surface area contributed by atoms with E-state index in [1.807, 2.05) is 19.1 Å². The van der Waals surface area contributed by atoms with Crippen LogP contribution >= 0.6 is 11.8 Å². The van der Waals surface area contributed by atoms with Crippen molar-refractivity contribution in [2.24, 2.45) is 0 Å². The van der Waals surface area contributed by atoms with Gasteiger partial charge in [0.25, 0.3) is 0 Å². The van der Waals surface area contributed by atoms with Crippen molar-refractivity contribution in [1.29, 1.82) is 0 Å². The molecule has 6 nitrogen and oxygen atoms in total. The first kappa shape index (κ1) is 20.1. The molecule has 8 heteroatoms. The van der Waals surface area contributed by atoms with Gasteiger partial charge in [0.1, 0.15) is 10.6 Å². The van der Waals surface area contributed by atoms with Gasteiger partial charge in [-0.3, -0.25) is 0 Å². The van der Waals surface area contributed by atoms with Crippen molar-refractivity contribution >= 4 is 21.8 Å². The molecule has 0 amide bonds. The number of aromatic nitrogens is 1. The van der Waals surface area contributed by atoms with E-state index in [1.54, 1.807) is 35.3 Å². The summed E-state index contributed by atoms with van der Waals surface area (Å²) >= 11 is 1.56.